The molecule has 1 fully saturated rings. The lowest BCUT2D eigenvalue weighted by Gasteiger charge is -2.41. The van der Waals surface area contributed by atoms with Gasteiger partial charge in [-0.1, -0.05) is 6.92 Å². The Labute approximate surface area is 89.0 Å². The first-order valence-electron chi connectivity index (χ1n) is 5.02. The number of carboxylic acids is 1. The average Bonchev–Trinajstić information content (AvgIpc) is 2.13. The zero-order valence-corrected chi connectivity index (χ0v) is 9.32. The summed E-state index contributed by atoms with van der Waals surface area (Å²) in [6.45, 7) is 4.19. The summed E-state index contributed by atoms with van der Waals surface area (Å²) in [4.78, 5) is 24.0. The summed E-state index contributed by atoms with van der Waals surface area (Å²) in [7, 11) is 1.50. The van der Waals surface area contributed by atoms with Crippen LogP contribution in [-0.4, -0.2) is 47.7 Å². The van der Waals surface area contributed by atoms with Crippen LogP contribution in [0.25, 0.3) is 0 Å². The lowest BCUT2D eigenvalue weighted by Crippen LogP contribution is -2.59. The van der Waals surface area contributed by atoms with Gasteiger partial charge >= 0.3 is 5.97 Å². The van der Waals surface area contributed by atoms with Gasteiger partial charge in [-0.3, -0.25) is 9.59 Å². The minimum absolute atomic E-state index is 0.120. The number of carbonyl (C=O) groups is 2. The summed E-state index contributed by atoms with van der Waals surface area (Å²) >= 11 is 0. The predicted molar refractivity (Wildman–Crippen MR) is 53.4 cm³/mol. The molecule has 0 aromatic carbocycles. The molecule has 1 heterocycles. The van der Waals surface area contributed by atoms with E-state index in [2.05, 4.69) is 0 Å². The summed E-state index contributed by atoms with van der Waals surface area (Å²) < 4.78 is 5.16. The van der Waals surface area contributed by atoms with Gasteiger partial charge in [-0.05, 0) is 13.3 Å². The lowest BCUT2D eigenvalue weighted by atomic mass is 9.94. The summed E-state index contributed by atoms with van der Waals surface area (Å²) in [5.74, 6) is -1.37. The fraction of sp³-hybridized carbons (Fsp3) is 0.800. The number of carboxylic acid groups (broad SMARTS) is 1. The second-order valence-corrected chi connectivity index (χ2v) is 4.03. The molecule has 1 aliphatic heterocycles. The van der Waals surface area contributed by atoms with Gasteiger partial charge in [0, 0.05) is 20.2 Å². The molecule has 86 valence electrons. The van der Waals surface area contributed by atoms with Crippen molar-refractivity contribution in [1.82, 2.24) is 4.90 Å². The van der Waals surface area contributed by atoms with Gasteiger partial charge in [0.25, 0.3) is 5.91 Å². The molecule has 0 aromatic rings. The highest BCUT2D eigenvalue weighted by Crippen LogP contribution is 2.24. The van der Waals surface area contributed by atoms with Crippen LogP contribution in [-0.2, 0) is 14.3 Å². The van der Waals surface area contributed by atoms with E-state index < -0.39 is 17.5 Å². The van der Waals surface area contributed by atoms with E-state index in [1.54, 1.807) is 6.92 Å². The Hall–Kier alpha value is -1.10. The monoisotopic (exact) mass is 215 g/mol. The van der Waals surface area contributed by atoms with Crippen molar-refractivity contribution >= 4 is 11.9 Å². The maximum absolute atomic E-state index is 11.9. The van der Waals surface area contributed by atoms with E-state index in [-0.39, 0.29) is 5.91 Å². The number of amides is 1. The molecule has 1 atom stereocenters. The normalized spacial score (nSPS) is 20.6. The van der Waals surface area contributed by atoms with Crippen molar-refractivity contribution in [2.45, 2.75) is 25.9 Å². The maximum atomic E-state index is 11.9. The van der Waals surface area contributed by atoms with Crippen molar-refractivity contribution in [3.8, 4) is 0 Å². The third kappa shape index (κ3) is 2.12. The van der Waals surface area contributed by atoms with Crippen molar-refractivity contribution in [1.29, 1.82) is 0 Å². The number of carbonyl (C=O) groups excluding carboxylic acids is 1. The molecule has 15 heavy (non-hydrogen) atoms. The van der Waals surface area contributed by atoms with Crippen molar-refractivity contribution in [2.75, 3.05) is 20.2 Å². The topological polar surface area (TPSA) is 66.8 Å². The maximum Gasteiger partial charge on any atom is 0.310 e. The number of methoxy groups -OCH3 is 1. The SMILES string of the molecule is CCC(C)(OC)C(=O)N1CC(C(=O)O)C1. The molecule has 0 aromatic heterocycles. The molecule has 1 N–H and O–H groups in total. The van der Waals surface area contributed by atoms with E-state index in [0.717, 1.165) is 0 Å². The summed E-state index contributed by atoms with van der Waals surface area (Å²) in [6, 6.07) is 0. The quantitative estimate of drug-likeness (QED) is 0.734. The highest BCUT2D eigenvalue weighted by molar-refractivity contribution is 5.87. The highest BCUT2D eigenvalue weighted by atomic mass is 16.5. The van der Waals surface area contributed by atoms with Crippen LogP contribution in [0.1, 0.15) is 20.3 Å². The number of ether oxygens (including phenoxy) is 1. The van der Waals surface area contributed by atoms with E-state index in [0.29, 0.717) is 19.5 Å². The molecular weight excluding hydrogens is 198 g/mol. The zero-order valence-electron chi connectivity index (χ0n) is 9.32. The van der Waals surface area contributed by atoms with Crippen LogP contribution in [0.5, 0.6) is 0 Å². The van der Waals surface area contributed by atoms with Gasteiger partial charge in [-0.15, -0.1) is 0 Å². The zero-order chi connectivity index (χ0) is 11.6. The van der Waals surface area contributed by atoms with Gasteiger partial charge in [0.05, 0.1) is 5.92 Å². The molecule has 1 amide bonds. The highest BCUT2D eigenvalue weighted by Gasteiger charge is 2.42. The standard InChI is InChI=1S/C10H17NO4/c1-4-10(2,15-3)9(14)11-5-7(6-11)8(12)13/h7H,4-6H2,1-3H3,(H,12,13). The van der Waals surface area contributed by atoms with Crippen molar-refractivity contribution in [2.24, 2.45) is 5.92 Å². The molecule has 1 saturated heterocycles. The van der Waals surface area contributed by atoms with Crippen LogP contribution >= 0.6 is 0 Å². The Morgan fingerprint density at radius 1 is 1.53 bits per heavy atom. The predicted octanol–water partition coefficient (Wildman–Crippen LogP) is 0.344. The van der Waals surface area contributed by atoms with Crippen LogP contribution in [0.3, 0.4) is 0 Å². The minimum atomic E-state index is -0.838. The third-order valence-corrected chi connectivity index (χ3v) is 3.10. The van der Waals surface area contributed by atoms with Crippen LogP contribution in [0, 0.1) is 5.92 Å². The number of aliphatic carboxylic acids is 1. The van der Waals surface area contributed by atoms with Crippen molar-refractivity contribution in [3.05, 3.63) is 0 Å². The van der Waals surface area contributed by atoms with Gasteiger partial charge in [-0.25, -0.2) is 0 Å². The Bertz CT molecular complexity index is 267. The van der Waals surface area contributed by atoms with Crippen LogP contribution in [0.15, 0.2) is 0 Å². The first-order chi connectivity index (χ1) is 6.94. The second-order valence-electron chi connectivity index (χ2n) is 4.03. The van der Waals surface area contributed by atoms with Crippen LogP contribution < -0.4 is 0 Å². The fourth-order valence-electron chi connectivity index (χ4n) is 1.52. The van der Waals surface area contributed by atoms with Gasteiger partial charge in [0.2, 0.25) is 0 Å². The van der Waals surface area contributed by atoms with Gasteiger partial charge < -0.3 is 14.7 Å². The van der Waals surface area contributed by atoms with Crippen molar-refractivity contribution < 1.29 is 19.4 Å². The van der Waals surface area contributed by atoms with Gasteiger partial charge in [0.1, 0.15) is 5.60 Å². The number of nitrogens with zero attached hydrogens (tertiary/aromatic N) is 1. The van der Waals surface area contributed by atoms with Crippen LogP contribution in [0.4, 0.5) is 0 Å². The molecule has 1 unspecified atom stereocenters. The van der Waals surface area contributed by atoms with E-state index >= 15 is 0 Å². The Morgan fingerprint density at radius 2 is 2.07 bits per heavy atom. The third-order valence-electron chi connectivity index (χ3n) is 3.10. The van der Waals surface area contributed by atoms with Gasteiger partial charge in [-0.2, -0.15) is 0 Å². The largest absolute Gasteiger partial charge is 0.481 e. The fourth-order valence-corrected chi connectivity index (χ4v) is 1.52. The molecule has 0 spiro atoms. The lowest BCUT2D eigenvalue weighted by molar-refractivity contribution is -0.165. The Kier molecular flexibility index (Phi) is 3.34. The molecule has 5 heteroatoms. The molecule has 0 saturated carbocycles. The first kappa shape index (κ1) is 12.0. The van der Waals surface area contributed by atoms with Gasteiger partial charge in [0.15, 0.2) is 0 Å². The molecule has 1 aliphatic rings. The molecule has 0 radical (unpaired) electrons. The van der Waals surface area contributed by atoms with E-state index in [4.69, 9.17) is 9.84 Å². The molecular formula is C10H17NO4. The molecule has 0 aliphatic carbocycles. The first-order valence-corrected chi connectivity index (χ1v) is 5.02. The number of rotatable bonds is 4. The van der Waals surface area contributed by atoms with E-state index in [1.165, 1.54) is 12.0 Å². The summed E-state index contributed by atoms with van der Waals surface area (Å²) in [6.07, 6.45) is 0.580. The van der Waals surface area contributed by atoms with E-state index in [9.17, 15) is 9.59 Å². The average molecular weight is 215 g/mol. The van der Waals surface area contributed by atoms with Crippen molar-refractivity contribution in [3.63, 3.8) is 0 Å². The smallest absolute Gasteiger partial charge is 0.310 e. The Balaban J connectivity index is 2.54. The molecule has 0 bridgehead atoms. The molecule has 1 rings (SSSR count). The van der Waals surface area contributed by atoms with Crippen LogP contribution in [0.2, 0.25) is 0 Å². The Morgan fingerprint density at radius 3 is 2.40 bits per heavy atom. The number of likely N-dealkylation sites (tertiary alicyclic amines) is 1. The summed E-state index contributed by atoms with van der Waals surface area (Å²) in [5, 5.41) is 8.68. The number of hydrogen-bond donors (Lipinski definition) is 1. The summed E-state index contributed by atoms with van der Waals surface area (Å²) in [5.41, 5.74) is -0.816. The number of hydrogen-bond acceptors (Lipinski definition) is 3. The van der Waals surface area contributed by atoms with E-state index in [1.807, 2.05) is 6.92 Å². The second kappa shape index (κ2) is 4.18. The molecule has 5 nitrogen and oxygen atoms in total. The minimum Gasteiger partial charge on any atom is -0.481 e.